The quantitative estimate of drug-likeness (QED) is 0.351. The van der Waals surface area contributed by atoms with E-state index in [2.05, 4.69) is 29.7 Å². The van der Waals surface area contributed by atoms with Crippen LogP contribution in [0.2, 0.25) is 0 Å². The molecule has 0 atom stereocenters. The van der Waals surface area contributed by atoms with Crippen LogP contribution in [0.15, 0.2) is 0 Å². The summed E-state index contributed by atoms with van der Waals surface area (Å²) >= 11 is 0. The Morgan fingerprint density at radius 3 is 2.00 bits per heavy atom. The highest BCUT2D eigenvalue weighted by Crippen LogP contribution is 2.10. The van der Waals surface area contributed by atoms with Gasteiger partial charge in [-0.1, -0.05) is 65.2 Å². The Morgan fingerprint density at radius 2 is 1.40 bits per heavy atom. The summed E-state index contributed by atoms with van der Waals surface area (Å²) < 4.78 is 2.47. The molecule has 0 saturated heterocycles. The Kier molecular flexibility index (Phi) is 10.7. The monoisotopic (exact) mass is 281 g/mol. The topological polar surface area (TPSA) is 6.25 Å². The molecule has 1 aliphatic rings. The van der Waals surface area contributed by atoms with E-state index in [1.807, 2.05) is 0 Å². The van der Waals surface area contributed by atoms with Crippen molar-refractivity contribution in [2.24, 2.45) is 0 Å². The SMILES string of the molecule is CCCCCCCCCCCCN1C=[N+](CCC)CC1. The molecule has 0 radical (unpaired) electrons. The van der Waals surface area contributed by atoms with Crippen LogP contribution in [-0.2, 0) is 0 Å². The van der Waals surface area contributed by atoms with E-state index in [9.17, 15) is 0 Å². The van der Waals surface area contributed by atoms with Gasteiger partial charge in [0.1, 0.15) is 13.1 Å². The zero-order valence-corrected chi connectivity index (χ0v) is 14.1. The van der Waals surface area contributed by atoms with Gasteiger partial charge in [0.15, 0.2) is 0 Å². The van der Waals surface area contributed by atoms with Crippen molar-refractivity contribution in [3.8, 4) is 0 Å². The molecule has 20 heavy (non-hydrogen) atoms. The summed E-state index contributed by atoms with van der Waals surface area (Å²) in [5, 5.41) is 0. The fourth-order valence-electron chi connectivity index (χ4n) is 3.03. The predicted octanol–water partition coefficient (Wildman–Crippen LogP) is 4.67. The van der Waals surface area contributed by atoms with Crippen molar-refractivity contribution in [2.75, 3.05) is 26.2 Å². The van der Waals surface area contributed by atoms with Gasteiger partial charge in [0.2, 0.25) is 6.34 Å². The smallest absolute Gasteiger partial charge is 0.234 e. The molecule has 0 unspecified atom stereocenters. The normalized spacial score (nSPS) is 14.9. The summed E-state index contributed by atoms with van der Waals surface area (Å²) in [6, 6.07) is 0. The lowest BCUT2D eigenvalue weighted by Gasteiger charge is -2.06. The maximum atomic E-state index is 2.51. The second kappa shape index (κ2) is 12.2. The standard InChI is InChI=1S/C18H37N2/c1-3-5-6-7-8-9-10-11-12-13-15-20-17-16-19(18-20)14-4-2/h18H,3-17H2,1-2H3/q+1. The van der Waals surface area contributed by atoms with Crippen LogP contribution in [0.5, 0.6) is 0 Å². The molecule has 0 fully saturated rings. The van der Waals surface area contributed by atoms with E-state index >= 15 is 0 Å². The maximum absolute atomic E-state index is 2.51. The van der Waals surface area contributed by atoms with Gasteiger partial charge in [0.25, 0.3) is 0 Å². The molecular formula is C18H37N2+. The average molecular weight is 282 g/mol. The van der Waals surface area contributed by atoms with Crippen molar-refractivity contribution in [1.82, 2.24) is 4.90 Å². The summed E-state index contributed by atoms with van der Waals surface area (Å²) in [6.07, 6.45) is 18.0. The summed E-state index contributed by atoms with van der Waals surface area (Å²) in [5.74, 6) is 0. The third-order valence-electron chi connectivity index (χ3n) is 4.31. The van der Waals surface area contributed by atoms with Gasteiger partial charge >= 0.3 is 0 Å². The molecule has 0 saturated carbocycles. The highest BCUT2D eigenvalue weighted by atomic mass is 15.3. The summed E-state index contributed by atoms with van der Waals surface area (Å²) in [4.78, 5) is 2.51. The van der Waals surface area contributed by atoms with Gasteiger partial charge < -0.3 is 0 Å². The highest BCUT2D eigenvalue weighted by Gasteiger charge is 2.17. The average Bonchev–Trinajstić information content (AvgIpc) is 2.89. The van der Waals surface area contributed by atoms with Crippen LogP contribution >= 0.6 is 0 Å². The molecule has 0 aromatic heterocycles. The number of hydrogen-bond donors (Lipinski definition) is 0. The first kappa shape index (κ1) is 17.5. The molecule has 0 aliphatic carbocycles. The molecule has 0 spiro atoms. The van der Waals surface area contributed by atoms with E-state index in [0.29, 0.717) is 0 Å². The van der Waals surface area contributed by atoms with Crippen LogP contribution in [0.3, 0.4) is 0 Å². The van der Waals surface area contributed by atoms with Crippen molar-refractivity contribution in [1.29, 1.82) is 0 Å². The van der Waals surface area contributed by atoms with E-state index in [1.54, 1.807) is 0 Å². The van der Waals surface area contributed by atoms with Gasteiger partial charge in [0.05, 0.1) is 13.1 Å². The van der Waals surface area contributed by atoms with E-state index in [0.717, 1.165) is 0 Å². The molecule has 0 aromatic carbocycles. The Morgan fingerprint density at radius 1 is 0.800 bits per heavy atom. The first-order valence-corrected chi connectivity index (χ1v) is 9.20. The molecule has 0 amide bonds. The first-order chi connectivity index (χ1) is 9.86. The van der Waals surface area contributed by atoms with E-state index in [4.69, 9.17) is 0 Å². The molecule has 2 nitrogen and oxygen atoms in total. The fourth-order valence-corrected chi connectivity index (χ4v) is 3.03. The largest absolute Gasteiger partial charge is 0.264 e. The summed E-state index contributed by atoms with van der Waals surface area (Å²) in [7, 11) is 0. The van der Waals surface area contributed by atoms with Crippen LogP contribution < -0.4 is 0 Å². The summed E-state index contributed by atoms with van der Waals surface area (Å²) in [5.41, 5.74) is 0. The molecule has 1 heterocycles. The van der Waals surface area contributed by atoms with Gasteiger partial charge in [0, 0.05) is 0 Å². The van der Waals surface area contributed by atoms with Crippen molar-refractivity contribution in [2.45, 2.75) is 84.5 Å². The van der Waals surface area contributed by atoms with Crippen molar-refractivity contribution < 1.29 is 4.58 Å². The van der Waals surface area contributed by atoms with E-state index < -0.39 is 0 Å². The highest BCUT2D eigenvalue weighted by molar-refractivity contribution is 5.50. The van der Waals surface area contributed by atoms with Crippen molar-refractivity contribution >= 4 is 6.34 Å². The van der Waals surface area contributed by atoms with Crippen LogP contribution in [0.25, 0.3) is 0 Å². The van der Waals surface area contributed by atoms with Crippen molar-refractivity contribution in [3.05, 3.63) is 0 Å². The lowest BCUT2D eigenvalue weighted by Crippen LogP contribution is -2.20. The second-order valence-corrected chi connectivity index (χ2v) is 6.37. The van der Waals surface area contributed by atoms with E-state index in [1.165, 1.54) is 96.8 Å². The van der Waals surface area contributed by atoms with Crippen molar-refractivity contribution in [3.63, 3.8) is 0 Å². The van der Waals surface area contributed by atoms with Crippen LogP contribution in [0, 0.1) is 0 Å². The zero-order valence-electron chi connectivity index (χ0n) is 14.1. The first-order valence-electron chi connectivity index (χ1n) is 9.20. The van der Waals surface area contributed by atoms with Crippen LogP contribution in [0.1, 0.15) is 84.5 Å². The fraction of sp³-hybridized carbons (Fsp3) is 0.944. The third kappa shape index (κ3) is 8.60. The molecule has 118 valence electrons. The Bertz CT molecular complexity index is 248. The molecule has 1 rings (SSSR count). The van der Waals surface area contributed by atoms with Gasteiger partial charge in [-0.2, -0.15) is 0 Å². The Balaban J connectivity index is 1.83. The molecule has 0 N–H and O–H groups in total. The lowest BCUT2D eigenvalue weighted by atomic mass is 10.1. The Labute approximate surface area is 127 Å². The minimum atomic E-state index is 1.23. The van der Waals surface area contributed by atoms with E-state index in [-0.39, 0.29) is 0 Å². The maximum Gasteiger partial charge on any atom is 0.234 e. The number of hydrogen-bond acceptors (Lipinski definition) is 1. The molecule has 0 bridgehead atoms. The zero-order chi connectivity index (χ0) is 14.5. The van der Waals surface area contributed by atoms with Gasteiger partial charge in [-0.3, -0.25) is 9.48 Å². The number of nitrogens with zero attached hydrogens (tertiary/aromatic N) is 2. The minimum absolute atomic E-state index is 1.23. The molecule has 1 aliphatic heterocycles. The molecular weight excluding hydrogens is 244 g/mol. The van der Waals surface area contributed by atoms with Gasteiger partial charge in [-0.05, 0) is 19.3 Å². The number of unbranched alkanes of at least 4 members (excludes halogenated alkanes) is 9. The van der Waals surface area contributed by atoms with Crippen LogP contribution in [0.4, 0.5) is 0 Å². The third-order valence-corrected chi connectivity index (χ3v) is 4.31. The Hall–Kier alpha value is -0.530. The van der Waals surface area contributed by atoms with Crippen LogP contribution in [-0.4, -0.2) is 42.0 Å². The number of rotatable bonds is 13. The second-order valence-electron chi connectivity index (χ2n) is 6.37. The minimum Gasteiger partial charge on any atom is -0.264 e. The molecule has 0 aromatic rings. The molecule has 2 heteroatoms. The van der Waals surface area contributed by atoms with Gasteiger partial charge in [-0.25, -0.2) is 0 Å². The van der Waals surface area contributed by atoms with Gasteiger partial charge in [-0.15, -0.1) is 0 Å². The lowest BCUT2D eigenvalue weighted by molar-refractivity contribution is -0.513. The predicted molar refractivity (Wildman–Crippen MR) is 89.8 cm³/mol. The summed E-state index contributed by atoms with van der Waals surface area (Å²) in [6.45, 7) is 9.55.